The number of ether oxygens (including phenoxy) is 1. The fourth-order valence-electron chi connectivity index (χ4n) is 0.786. The van der Waals surface area contributed by atoms with Crippen LogP contribution in [0.2, 0.25) is 5.02 Å². The van der Waals surface area contributed by atoms with Gasteiger partial charge in [-0.25, -0.2) is 0 Å². The van der Waals surface area contributed by atoms with Gasteiger partial charge in [-0.2, -0.15) is 0 Å². The van der Waals surface area contributed by atoms with Crippen molar-refractivity contribution in [2.45, 2.75) is 6.92 Å². The number of methoxy groups -OCH3 is 1. The van der Waals surface area contributed by atoms with E-state index < -0.39 is 0 Å². The molecule has 0 atom stereocenters. The molecule has 1 nitrogen and oxygen atoms in total. The third kappa shape index (κ3) is 1.79. The number of rotatable bonds is 1. The molecule has 0 fully saturated rings. The van der Waals surface area contributed by atoms with Crippen molar-refractivity contribution in [3.63, 3.8) is 0 Å². The van der Waals surface area contributed by atoms with Crippen LogP contribution >= 0.6 is 34.2 Å². The predicted octanol–water partition coefficient (Wildman–Crippen LogP) is 3.26. The summed E-state index contributed by atoms with van der Waals surface area (Å²) in [6.45, 7) is 2.02. The lowest BCUT2D eigenvalue weighted by molar-refractivity contribution is 0.414. The first-order valence-corrected chi connectivity index (χ1v) is 4.61. The fraction of sp³-hybridized carbons (Fsp3) is 0.250. The van der Waals surface area contributed by atoms with Gasteiger partial charge in [0.15, 0.2) is 0 Å². The van der Waals surface area contributed by atoms with Gasteiger partial charge in [-0.15, -0.1) is 0 Å². The highest BCUT2D eigenvalue weighted by Gasteiger charge is 2.05. The van der Waals surface area contributed by atoms with Gasteiger partial charge >= 0.3 is 0 Å². The summed E-state index contributed by atoms with van der Waals surface area (Å²) in [7, 11) is 1.62. The summed E-state index contributed by atoms with van der Waals surface area (Å²) in [4.78, 5) is 0. The van der Waals surface area contributed by atoms with E-state index in [9.17, 15) is 0 Å². The zero-order valence-corrected chi connectivity index (χ0v) is 9.23. The molecule has 0 aliphatic heterocycles. The van der Waals surface area contributed by atoms with E-state index in [2.05, 4.69) is 22.6 Å². The highest BCUT2D eigenvalue weighted by molar-refractivity contribution is 14.1. The number of hydrogen-bond acceptors (Lipinski definition) is 1. The maximum absolute atomic E-state index is 5.97. The topological polar surface area (TPSA) is 9.23 Å². The molecule has 0 aromatic heterocycles. The van der Waals surface area contributed by atoms with E-state index in [4.69, 9.17) is 16.3 Å². The maximum atomic E-state index is 5.97. The molecular weight excluding hydrogens is 274 g/mol. The van der Waals surface area contributed by atoms with Crippen molar-refractivity contribution in [2.75, 3.05) is 7.11 Å². The largest absolute Gasteiger partial charge is 0.495 e. The molecule has 0 saturated carbocycles. The summed E-state index contributed by atoms with van der Waals surface area (Å²) in [5.41, 5.74) is 1.18. The Bertz CT molecular complexity index is 273. The van der Waals surface area contributed by atoms with Crippen molar-refractivity contribution in [3.05, 3.63) is 26.3 Å². The minimum atomic E-state index is 0.702. The minimum Gasteiger partial charge on any atom is -0.495 e. The molecule has 0 amide bonds. The smallest absolute Gasteiger partial charge is 0.138 e. The van der Waals surface area contributed by atoms with Crippen molar-refractivity contribution in [1.29, 1.82) is 0 Å². The van der Waals surface area contributed by atoms with Gasteiger partial charge < -0.3 is 4.74 Å². The molecule has 1 aromatic rings. The van der Waals surface area contributed by atoms with Crippen molar-refractivity contribution in [1.82, 2.24) is 0 Å². The van der Waals surface area contributed by atoms with Crippen LogP contribution in [0.25, 0.3) is 0 Å². The Morgan fingerprint density at radius 3 is 2.64 bits per heavy atom. The average molecular weight is 283 g/mol. The van der Waals surface area contributed by atoms with E-state index in [0.717, 1.165) is 9.32 Å². The average Bonchev–Trinajstić information content (AvgIpc) is 2.01. The van der Waals surface area contributed by atoms with Crippen LogP contribution in [0.4, 0.5) is 0 Å². The first-order valence-electron chi connectivity index (χ1n) is 3.15. The molecule has 0 bridgehead atoms. The zero-order chi connectivity index (χ0) is 8.43. The number of benzene rings is 1. The van der Waals surface area contributed by atoms with Crippen LogP contribution in [0.1, 0.15) is 5.56 Å². The summed E-state index contributed by atoms with van der Waals surface area (Å²) in [6.07, 6.45) is 0. The lowest BCUT2D eigenvalue weighted by atomic mass is 10.2. The highest BCUT2D eigenvalue weighted by Crippen LogP contribution is 2.30. The molecule has 1 rings (SSSR count). The van der Waals surface area contributed by atoms with Gasteiger partial charge in [0.1, 0.15) is 5.75 Å². The van der Waals surface area contributed by atoms with Crippen molar-refractivity contribution in [3.8, 4) is 5.75 Å². The molecule has 0 saturated heterocycles. The molecular formula is C8H8ClIO. The van der Waals surface area contributed by atoms with Crippen LogP contribution in [0, 0.1) is 10.5 Å². The van der Waals surface area contributed by atoms with Crippen LogP contribution in [0.5, 0.6) is 5.75 Å². The van der Waals surface area contributed by atoms with E-state index in [1.54, 1.807) is 7.11 Å². The molecule has 11 heavy (non-hydrogen) atoms. The summed E-state index contributed by atoms with van der Waals surface area (Å²) < 4.78 is 6.10. The van der Waals surface area contributed by atoms with Gasteiger partial charge in [-0.05, 0) is 41.1 Å². The van der Waals surface area contributed by atoms with Crippen LogP contribution < -0.4 is 4.74 Å². The van der Waals surface area contributed by atoms with E-state index in [0.29, 0.717) is 5.02 Å². The van der Waals surface area contributed by atoms with Crippen LogP contribution in [-0.4, -0.2) is 7.11 Å². The van der Waals surface area contributed by atoms with Gasteiger partial charge in [0.2, 0.25) is 0 Å². The van der Waals surface area contributed by atoms with Crippen molar-refractivity contribution < 1.29 is 4.74 Å². The molecule has 0 aliphatic carbocycles. The van der Waals surface area contributed by atoms with Gasteiger partial charge in [0, 0.05) is 3.57 Å². The molecule has 0 heterocycles. The molecule has 0 aliphatic rings. The van der Waals surface area contributed by atoms with Crippen LogP contribution in [-0.2, 0) is 0 Å². The lowest BCUT2D eigenvalue weighted by Crippen LogP contribution is -1.88. The molecule has 0 radical (unpaired) electrons. The van der Waals surface area contributed by atoms with Crippen molar-refractivity contribution >= 4 is 34.2 Å². The quantitative estimate of drug-likeness (QED) is 0.718. The Morgan fingerprint density at radius 1 is 1.45 bits per heavy atom. The minimum absolute atomic E-state index is 0.702. The number of hydrogen-bond donors (Lipinski definition) is 0. The second kappa shape index (κ2) is 3.63. The van der Waals surface area contributed by atoms with Crippen molar-refractivity contribution in [2.24, 2.45) is 0 Å². The predicted molar refractivity (Wildman–Crippen MR) is 55.5 cm³/mol. The maximum Gasteiger partial charge on any atom is 0.138 e. The van der Waals surface area contributed by atoms with E-state index >= 15 is 0 Å². The Labute approximate surface area is 84.8 Å². The number of halogens is 2. The van der Waals surface area contributed by atoms with E-state index in [1.165, 1.54) is 5.56 Å². The monoisotopic (exact) mass is 282 g/mol. The molecule has 0 unspecified atom stereocenters. The summed E-state index contributed by atoms with van der Waals surface area (Å²) in [5.74, 6) is 0.738. The van der Waals surface area contributed by atoms with E-state index in [1.807, 2.05) is 19.1 Å². The molecule has 0 N–H and O–H groups in total. The van der Waals surface area contributed by atoms with Crippen LogP contribution in [0.3, 0.4) is 0 Å². The zero-order valence-electron chi connectivity index (χ0n) is 6.32. The first kappa shape index (κ1) is 9.13. The molecule has 3 heteroatoms. The molecule has 0 spiro atoms. The van der Waals surface area contributed by atoms with Gasteiger partial charge in [-0.1, -0.05) is 17.7 Å². The number of aryl methyl sites for hydroxylation is 1. The molecule has 1 aromatic carbocycles. The third-order valence-electron chi connectivity index (χ3n) is 1.46. The fourth-order valence-corrected chi connectivity index (χ4v) is 1.52. The Hall–Kier alpha value is 0.0400. The Balaban J connectivity index is 3.25. The third-order valence-corrected chi connectivity index (χ3v) is 3.54. The van der Waals surface area contributed by atoms with Crippen LogP contribution in [0.15, 0.2) is 12.1 Å². The molecule has 60 valence electrons. The second-order valence-corrected chi connectivity index (χ2v) is 3.67. The first-order chi connectivity index (χ1) is 5.16. The second-order valence-electron chi connectivity index (χ2n) is 2.21. The SMILES string of the molecule is COc1ccc(C)c(I)c1Cl. The summed E-state index contributed by atoms with van der Waals surface area (Å²) >= 11 is 8.17. The Kier molecular flexibility index (Phi) is 3.01. The summed E-state index contributed by atoms with van der Waals surface area (Å²) in [6, 6.07) is 3.87. The lowest BCUT2D eigenvalue weighted by Gasteiger charge is -2.05. The Morgan fingerprint density at radius 2 is 2.09 bits per heavy atom. The van der Waals surface area contributed by atoms with E-state index in [-0.39, 0.29) is 0 Å². The van der Waals surface area contributed by atoms with Gasteiger partial charge in [-0.3, -0.25) is 0 Å². The highest BCUT2D eigenvalue weighted by atomic mass is 127. The normalized spacial score (nSPS) is 9.82. The standard InChI is InChI=1S/C8H8ClIO/c1-5-3-4-6(11-2)7(9)8(5)10/h3-4H,1-2H3. The summed E-state index contributed by atoms with van der Waals surface area (Å²) in [5, 5.41) is 0.702. The van der Waals surface area contributed by atoms with Gasteiger partial charge in [0.25, 0.3) is 0 Å². The van der Waals surface area contributed by atoms with Gasteiger partial charge in [0.05, 0.1) is 12.1 Å².